The van der Waals surface area contributed by atoms with Crippen LogP contribution in [0.5, 0.6) is 0 Å². The van der Waals surface area contributed by atoms with Gasteiger partial charge in [-0.2, -0.15) is 0 Å². The number of nitrogens with zero attached hydrogens (tertiary/aromatic N) is 2. The van der Waals surface area contributed by atoms with Crippen molar-refractivity contribution < 1.29 is 10.0 Å². The molecule has 0 aliphatic carbocycles. The number of oxime groups is 1. The Balaban J connectivity index is 2.47. The number of amides is 1. The molecule has 2 atom stereocenters. The third kappa shape index (κ3) is 4.37. The minimum Gasteiger partial charge on any atom is -0.409 e. The van der Waals surface area contributed by atoms with Gasteiger partial charge in [-0.25, -0.2) is 0 Å². The van der Waals surface area contributed by atoms with Crippen LogP contribution in [0.2, 0.25) is 0 Å². The number of nitrogens with one attached hydrogen (secondary N) is 1. The summed E-state index contributed by atoms with van der Waals surface area (Å²) in [5.74, 6) is -0.253. The first-order valence-corrected chi connectivity index (χ1v) is 7.36. The quantitative estimate of drug-likeness (QED) is 0.292. The second-order valence-electron chi connectivity index (χ2n) is 6.24. The summed E-state index contributed by atoms with van der Waals surface area (Å²) in [4.78, 5) is 14.6. The Morgan fingerprint density at radius 2 is 2.10 bits per heavy atom. The molecule has 1 heterocycles. The SMILES string of the molecule is CC(C)C(C(=O)NCC1CCN(C(C)C)C1)C(N)=NO. The highest BCUT2D eigenvalue weighted by atomic mass is 16.4. The maximum atomic E-state index is 12.2. The minimum atomic E-state index is -0.567. The maximum absolute atomic E-state index is 12.2. The third-order valence-electron chi connectivity index (χ3n) is 4.00. The van der Waals surface area contributed by atoms with E-state index in [9.17, 15) is 4.79 Å². The van der Waals surface area contributed by atoms with Gasteiger partial charge in [0.25, 0.3) is 0 Å². The molecule has 0 aromatic rings. The van der Waals surface area contributed by atoms with Gasteiger partial charge in [0.15, 0.2) is 5.84 Å². The summed E-state index contributed by atoms with van der Waals surface area (Å²) in [6.07, 6.45) is 1.11. The summed E-state index contributed by atoms with van der Waals surface area (Å²) in [6, 6.07) is 0.552. The molecule has 0 aromatic carbocycles. The monoisotopic (exact) mass is 284 g/mol. The second-order valence-corrected chi connectivity index (χ2v) is 6.24. The Bertz CT molecular complexity index is 355. The van der Waals surface area contributed by atoms with Crippen LogP contribution in [0.4, 0.5) is 0 Å². The van der Waals surface area contributed by atoms with Crippen molar-refractivity contribution in [2.75, 3.05) is 19.6 Å². The Kier molecular flexibility index (Phi) is 6.26. The van der Waals surface area contributed by atoms with Crippen LogP contribution in [0, 0.1) is 17.8 Å². The maximum Gasteiger partial charge on any atom is 0.231 e. The molecular weight excluding hydrogens is 256 g/mol. The van der Waals surface area contributed by atoms with Crippen molar-refractivity contribution in [2.24, 2.45) is 28.6 Å². The Labute approximate surface area is 121 Å². The normalized spacial score (nSPS) is 22.5. The fourth-order valence-corrected chi connectivity index (χ4v) is 2.69. The van der Waals surface area contributed by atoms with Gasteiger partial charge in [0.2, 0.25) is 5.91 Å². The van der Waals surface area contributed by atoms with E-state index in [1.54, 1.807) is 0 Å². The largest absolute Gasteiger partial charge is 0.409 e. The highest BCUT2D eigenvalue weighted by Crippen LogP contribution is 2.18. The number of hydrogen-bond donors (Lipinski definition) is 3. The van der Waals surface area contributed by atoms with E-state index >= 15 is 0 Å². The molecule has 2 unspecified atom stereocenters. The molecule has 1 saturated heterocycles. The summed E-state index contributed by atoms with van der Waals surface area (Å²) in [5, 5.41) is 14.7. The molecule has 0 saturated carbocycles. The zero-order chi connectivity index (χ0) is 15.3. The van der Waals surface area contributed by atoms with Gasteiger partial charge in [0, 0.05) is 19.1 Å². The number of likely N-dealkylation sites (tertiary alicyclic amines) is 1. The van der Waals surface area contributed by atoms with E-state index in [1.165, 1.54) is 0 Å². The molecule has 20 heavy (non-hydrogen) atoms. The van der Waals surface area contributed by atoms with Crippen LogP contribution in [0.1, 0.15) is 34.1 Å². The Morgan fingerprint density at radius 1 is 1.45 bits per heavy atom. The van der Waals surface area contributed by atoms with E-state index in [2.05, 4.69) is 29.2 Å². The summed E-state index contributed by atoms with van der Waals surface area (Å²) < 4.78 is 0. The van der Waals surface area contributed by atoms with Gasteiger partial charge in [-0.15, -0.1) is 0 Å². The number of carbonyl (C=O) groups is 1. The number of rotatable bonds is 6. The van der Waals surface area contributed by atoms with E-state index < -0.39 is 5.92 Å². The second kappa shape index (κ2) is 7.47. The van der Waals surface area contributed by atoms with Crippen LogP contribution in [0.25, 0.3) is 0 Å². The van der Waals surface area contributed by atoms with Crippen LogP contribution >= 0.6 is 0 Å². The lowest BCUT2D eigenvalue weighted by Crippen LogP contribution is -2.43. The van der Waals surface area contributed by atoms with E-state index in [4.69, 9.17) is 10.9 Å². The molecular formula is C14H28N4O2. The van der Waals surface area contributed by atoms with Crippen molar-refractivity contribution in [1.29, 1.82) is 0 Å². The number of amidine groups is 1. The molecule has 1 aliphatic rings. The molecule has 4 N–H and O–H groups in total. The molecule has 1 aliphatic heterocycles. The molecule has 1 amide bonds. The summed E-state index contributed by atoms with van der Waals surface area (Å²) in [7, 11) is 0. The Hall–Kier alpha value is -1.30. The van der Waals surface area contributed by atoms with Crippen molar-refractivity contribution in [1.82, 2.24) is 10.2 Å². The first kappa shape index (κ1) is 16.8. The average Bonchev–Trinajstić information content (AvgIpc) is 2.84. The predicted molar refractivity (Wildman–Crippen MR) is 79.6 cm³/mol. The molecule has 1 rings (SSSR count). The summed E-state index contributed by atoms with van der Waals surface area (Å²) in [5.41, 5.74) is 5.60. The van der Waals surface area contributed by atoms with Gasteiger partial charge in [-0.3, -0.25) is 4.79 Å². The van der Waals surface area contributed by atoms with Gasteiger partial charge in [0.1, 0.15) is 5.92 Å². The summed E-state index contributed by atoms with van der Waals surface area (Å²) in [6.45, 7) is 10.9. The molecule has 0 radical (unpaired) electrons. The van der Waals surface area contributed by atoms with Crippen molar-refractivity contribution in [3.63, 3.8) is 0 Å². The van der Waals surface area contributed by atoms with Crippen LogP contribution in [-0.4, -0.2) is 47.5 Å². The minimum absolute atomic E-state index is 0.00152. The molecule has 116 valence electrons. The van der Waals surface area contributed by atoms with Gasteiger partial charge >= 0.3 is 0 Å². The van der Waals surface area contributed by atoms with Crippen molar-refractivity contribution >= 4 is 11.7 Å². The smallest absolute Gasteiger partial charge is 0.231 e. The van der Waals surface area contributed by atoms with Gasteiger partial charge in [-0.05, 0) is 38.6 Å². The Morgan fingerprint density at radius 3 is 2.55 bits per heavy atom. The first-order chi connectivity index (χ1) is 9.36. The van der Waals surface area contributed by atoms with Crippen LogP contribution in [0.15, 0.2) is 5.16 Å². The number of nitrogens with two attached hydrogens (primary N) is 1. The van der Waals surface area contributed by atoms with Crippen LogP contribution in [-0.2, 0) is 4.79 Å². The molecule has 1 fully saturated rings. The van der Waals surface area contributed by atoms with E-state index in [0.717, 1.165) is 19.5 Å². The highest BCUT2D eigenvalue weighted by molar-refractivity contribution is 6.02. The zero-order valence-corrected chi connectivity index (χ0v) is 13.0. The fraction of sp³-hybridized carbons (Fsp3) is 0.857. The molecule has 6 heteroatoms. The van der Waals surface area contributed by atoms with Crippen LogP contribution < -0.4 is 11.1 Å². The van der Waals surface area contributed by atoms with Crippen molar-refractivity contribution in [3.8, 4) is 0 Å². The third-order valence-corrected chi connectivity index (χ3v) is 4.00. The summed E-state index contributed by atoms with van der Waals surface area (Å²) >= 11 is 0. The molecule has 0 bridgehead atoms. The molecule has 0 aromatic heterocycles. The average molecular weight is 284 g/mol. The lowest BCUT2D eigenvalue weighted by molar-refractivity contribution is -0.124. The lowest BCUT2D eigenvalue weighted by atomic mass is 9.93. The predicted octanol–water partition coefficient (Wildman–Crippen LogP) is 0.852. The number of hydrogen-bond acceptors (Lipinski definition) is 4. The highest BCUT2D eigenvalue weighted by Gasteiger charge is 2.29. The van der Waals surface area contributed by atoms with E-state index in [0.29, 0.717) is 18.5 Å². The standard InChI is InChI=1S/C14H28N4O2/c1-9(2)12(13(15)17-20)14(19)16-7-11-5-6-18(8-11)10(3)4/h9-12,20H,5-8H2,1-4H3,(H2,15,17)(H,16,19). The van der Waals surface area contributed by atoms with Gasteiger partial charge in [-0.1, -0.05) is 19.0 Å². The van der Waals surface area contributed by atoms with Crippen molar-refractivity contribution in [3.05, 3.63) is 0 Å². The first-order valence-electron chi connectivity index (χ1n) is 7.36. The molecule has 6 nitrogen and oxygen atoms in total. The topological polar surface area (TPSA) is 91.0 Å². The lowest BCUT2D eigenvalue weighted by Gasteiger charge is -2.22. The van der Waals surface area contributed by atoms with Crippen LogP contribution in [0.3, 0.4) is 0 Å². The van der Waals surface area contributed by atoms with E-state index in [-0.39, 0.29) is 17.7 Å². The zero-order valence-electron chi connectivity index (χ0n) is 13.0. The van der Waals surface area contributed by atoms with Crippen molar-refractivity contribution in [2.45, 2.75) is 40.2 Å². The van der Waals surface area contributed by atoms with E-state index in [1.807, 2.05) is 13.8 Å². The van der Waals surface area contributed by atoms with Gasteiger partial charge in [0.05, 0.1) is 0 Å². The fourth-order valence-electron chi connectivity index (χ4n) is 2.69. The van der Waals surface area contributed by atoms with Gasteiger partial charge < -0.3 is 21.2 Å². The molecule has 0 spiro atoms. The number of carbonyl (C=O) groups excluding carboxylic acids is 1.